The molecule has 1 N–H and O–H groups in total. The highest BCUT2D eigenvalue weighted by molar-refractivity contribution is 6.30. The van der Waals surface area contributed by atoms with Crippen molar-refractivity contribution in [2.24, 2.45) is 0 Å². The third-order valence-electron chi connectivity index (χ3n) is 4.59. The molecule has 2 amide bonds. The summed E-state index contributed by atoms with van der Waals surface area (Å²) in [5.74, 6) is 0.0597. The van der Waals surface area contributed by atoms with Crippen LogP contribution in [0.2, 0.25) is 5.02 Å². The molecule has 3 rings (SSSR count). The van der Waals surface area contributed by atoms with E-state index in [1.54, 1.807) is 46.2 Å². The first-order valence-electron chi connectivity index (χ1n) is 8.57. The monoisotopic (exact) mass is 372 g/mol. The molecule has 1 aliphatic heterocycles. The SMILES string of the molecule is CC1CN(c2cccc(Cl)c2)C(=O)CN1C(=O)CCc1ccc(O)cc1. The molecule has 2 aromatic carbocycles. The second-order valence-electron chi connectivity index (χ2n) is 6.52. The minimum Gasteiger partial charge on any atom is -0.508 e. The predicted molar refractivity (Wildman–Crippen MR) is 101 cm³/mol. The van der Waals surface area contributed by atoms with Gasteiger partial charge in [-0.25, -0.2) is 0 Å². The average Bonchev–Trinajstić information content (AvgIpc) is 2.62. The highest BCUT2D eigenvalue weighted by Crippen LogP contribution is 2.24. The molecule has 5 nitrogen and oxygen atoms in total. The van der Waals surface area contributed by atoms with Gasteiger partial charge in [0.1, 0.15) is 12.3 Å². The number of phenolic OH excluding ortho intramolecular Hbond substituents is 1. The van der Waals surface area contributed by atoms with E-state index in [0.29, 0.717) is 24.4 Å². The standard InChI is InChI=1S/C20H21ClN2O3/c1-14-12-23(17-4-2-3-16(21)11-17)20(26)13-22(14)19(25)10-7-15-5-8-18(24)9-6-15/h2-6,8-9,11,14,24H,7,10,12-13H2,1H3. The van der Waals surface area contributed by atoms with E-state index in [0.717, 1.165) is 11.3 Å². The molecule has 0 spiro atoms. The van der Waals surface area contributed by atoms with Gasteiger partial charge in [0, 0.05) is 29.7 Å². The van der Waals surface area contributed by atoms with Crippen molar-refractivity contribution < 1.29 is 14.7 Å². The molecule has 1 unspecified atom stereocenters. The highest BCUT2D eigenvalue weighted by atomic mass is 35.5. The Morgan fingerprint density at radius 1 is 1.23 bits per heavy atom. The van der Waals surface area contributed by atoms with Crippen molar-refractivity contribution in [3.8, 4) is 5.75 Å². The van der Waals surface area contributed by atoms with E-state index in [1.165, 1.54) is 0 Å². The number of benzene rings is 2. The lowest BCUT2D eigenvalue weighted by molar-refractivity contribution is -0.139. The number of amides is 2. The molecule has 0 aromatic heterocycles. The third-order valence-corrected chi connectivity index (χ3v) is 4.82. The van der Waals surface area contributed by atoms with Crippen LogP contribution in [0, 0.1) is 0 Å². The summed E-state index contributed by atoms with van der Waals surface area (Å²) in [6, 6.07) is 13.9. The Kier molecular flexibility index (Phi) is 5.47. The van der Waals surface area contributed by atoms with Crippen LogP contribution in [0.15, 0.2) is 48.5 Å². The van der Waals surface area contributed by atoms with Crippen molar-refractivity contribution in [3.05, 3.63) is 59.1 Å². The molecule has 0 saturated carbocycles. The topological polar surface area (TPSA) is 60.9 Å². The molecule has 1 heterocycles. The summed E-state index contributed by atoms with van der Waals surface area (Å²) in [4.78, 5) is 28.4. The smallest absolute Gasteiger partial charge is 0.246 e. The molecule has 26 heavy (non-hydrogen) atoms. The van der Waals surface area contributed by atoms with Crippen molar-refractivity contribution in [1.82, 2.24) is 4.90 Å². The Morgan fingerprint density at radius 2 is 1.96 bits per heavy atom. The summed E-state index contributed by atoms with van der Waals surface area (Å²) in [5, 5.41) is 9.89. The van der Waals surface area contributed by atoms with Gasteiger partial charge in [0.25, 0.3) is 0 Å². The van der Waals surface area contributed by atoms with E-state index in [9.17, 15) is 14.7 Å². The molecule has 6 heteroatoms. The number of carbonyl (C=O) groups excluding carboxylic acids is 2. The molecule has 2 aromatic rings. The van der Waals surface area contributed by atoms with Crippen LogP contribution < -0.4 is 4.90 Å². The number of hydrogen-bond donors (Lipinski definition) is 1. The molecular formula is C20H21ClN2O3. The summed E-state index contributed by atoms with van der Waals surface area (Å²) in [5.41, 5.74) is 1.73. The number of nitrogens with zero attached hydrogens (tertiary/aromatic N) is 2. The lowest BCUT2D eigenvalue weighted by Crippen LogP contribution is -2.57. The lowest BCUT2D eigenvalue weighted by atomic mass is 10.1. The second kappa shape index (κ2) is 7.79. The number of hydrogen-bond acceptors (Lipinski definition) is 3. The minimum atomic E-state index is -0.108. The summed E-state index contributed by atoms with van der Waals surface area (Å²) in [6.45, 7) is 2.47. The third kappa shape index (κ3) is 4.17. The van der Waals surface area contributed by atoms with Crippen LogP contribution >= 0.6 is 11.6 Å². The number of aryl methyl sites for hydroxylation is 1. The Balaban J connectivity index is 1.62. The van der Waals surface area contributed by atoms with Crippen LogP contribution in [0.1, 0.15) is 18.9 Å². The fourth-order valence-corrected chi connectivity index (χ4v) is 3.32. The largest absolute Gasteiger partial charge is 0.508 e. The quantitative estimate of drug-likeness (QED) is 0.896. The molecule has 0 bridgehead atoms. The molecule has 1 aliphatic rings. The molecule has 0 radical (unpaired) electrons. The minimum absolute atomic E-state index is 0.0373. The van der Waals surface area contributed by atoms with Gasteiger partial charge in [-0.1, -0.05) is 29.8 Å². The van der Waals surface area contributed by atoms with E-state index in [1.807, 2.05) is 19.1 Å². The van der Waals surface area contributed by atoms with Crippen molar-refractivity contribution in [2.45, 2.75) is 25.8 Å². The zero-order valence-electron chi connectivity index (χ0n) is 14.6. The van der Waals surface area contributed by atoms with E-state index in [4.69, 9.17) is 11.6 Å². The molecule has 1 saturated heterocycles. The maximum absolute atomic E-state index is 12.6. The molecule has 136 valence electrons. The normalized spacial score (nSPS) is 17.5. The van der Waals surface area contributed by atoms with Gasteiger partial charge in [0.2, 0.25) is 11.8 Å². The van der Waals surface area contributed by atoms with Crippen LogP contribution in [0.3, 0.4) is 0 Å². The Bertz CT molecular complexity index is 807. The predicted octanol–water partition coefficient (Wildman–Crippen LogP) is 3.24. The number of phenols is 1. The lowest BCUT2D eigenvalue weighted by Gasteiger charge is -2.39. The van der Waals surface area contributed by atoms with E-state index < -0.39 is 0 Å². The number of halogens is 1. The van der Waals surface area contributed by atoms with Gasteiger partial charge in [-0.15, -0.1) is 0 Å². The molecule has 1 atom stereocenters. The Morgan fingerprint density at radius 3 is 2.65 bits per heavy atom. The maximum atomic E-state index is 12.6. The maximum Gasteiger partial charge on any atom is 0.246 e. The van der Waals surface area contributed by atoms with Gasteiger partial charge in [-0.2, -0.15) is 0 Å². The van der Waals surface area contributed by atoms with Crippen LogP contribution in [0.4, 0.5) is 5.69 Å². The van der Waals surface area contributed by atoms with Crippen molar-refractivity contribution in [3.63, 3.8) is 0 Å². The van der Waals surface area contributed by atoms with Gasteiger partial charge in [-0.3, -0.25) is 9.59 Å². The first-order valence-corrected chi connectivity index (χ1v) is 8.95. The number of anilines is 1. The van der Waals surface area contributed by atoms with Crippen LogP contribution in [-0.4, -0.2) is 41.0 Å². The van der Waals surface area contributed by atoms with E-state index >= 15 is 0 Å². The van der Waals surface area contributed by atoms with Crippen LogP contribution in [-0.2, 0) is 16.0 Å². The molecular weight excluding hydrogens is 352 g/mol. The second-order valence-corrected chi connectivity index (χ2v) is 6.96. The molecule has 1 fully saturated rings. The van der Waals surface area contributed by atoms with Crippen LogP contribution in [0.5, 0.6) is 5.75 Å². The van der Waals surface area contributed by atoms with Gasteiger partial charge in [0.15, 0.2) is 0 Å². The Labute approximate surface area is 157 Å². The first kappa shape index (κ1) is 18.3. The summed E-state index contributed by atoms with van der Waals surface area (Å²) >= 11 is 6.02. The van der Waals surface area contributed by atoms with E-state index in [2.05, 4.69) is 0 Å². The van der Waals surface area contributed by atoms with E-state index in [-0.39, 0.29) is 30.2 Å². The summed E-state index contributed by atoms with van der Waals surface area (Å²) < 4.78 is 0. The zero-order chi connectivity index (χ0) is 18.7. The number of rotatable bonds is 4. The van der Waals surface area contributed by atoms with Crippen molar-refractivity contribution in [2.75, 3.05) is 18.0 Å². The molecule has 0 aliphatic carbocycles. The number of piperazine rings is 1. The number of carbonyl (C=O) groups is 2. The van der Waals surface area contributed by atoms with Gasteiger partial charge in [-0.05, 0) is 49.2 Å². The summed E-state index contributed by atoms with van der Waals surface area (Å²) in [7, 11) is 0. The van der Waals surface area contributed by atoms with Gasteiger partial charge in [0.05, 0.1) is 0 Å². The van der Waals surface area contributed by atoms with Crippen LogP contribution in [0.25, 0.3) is 0 Å². The van der Waals surface area contributed by atoms with Crippen molar-refractivity contribution >= 4 is 29.1 Å². The Hall–Kier alpha value is -2.53. The summed E-state index contributed by atoms with van der Waals surface area (Å²) in [6.07, 6.45) is 0.911. The highest BCUT2D eigenvalue weighted by Gasteiger charge is 2.32. The average molecular weight is 373 g/mol. The first-order chi connectivity index (χ1) is 12.4. The van der Waals surface area contributed by atoms with Gasteiger partial charge >= 0.3 is 0 Å². The van der Waals surface area contributed by atoms with Gasteiger partial charge < -0.3 is 14.9 Å². The van der Waals surface area contributed by atoms with Crippen molar-refractivity contribution in [1.29, 1.82) is 0 Å². The number of aromatic hydroxyl groups is 1. The zero-order valence-corrected chi connectivity index (χ0v) is 15.3. The fourth-order valence-electron chi connectivity index (χ4n) is 3.14. The fraction of sp³-hybridized carbons (Fsp3) is 0.300.